The third-order valence-corrected chi connectivity index (χ3v) is 2.99. The summed E-state index contributed by atoms with van der Waals surface area (Å²) in [7, 11) is 0. The number of carboxylic acid groups (broad SMARTS) is 1. The highest BCUT2D eigenvalue weighted by molar-refractivity contribution is 6.30. The van der Waals surface area contributed by atoms with Gasteiger partial charge in [0.2, 0.25) is 0 Å². The van der Waals surface area contributed by atoms with Crippen LogP contribution in [0.15, 0.2) is 36.5 Å². The Morgan fingerprint density at radius 3 is 2.64 bits per heavy atom. The molecular formula is C14H9ClF3NO3. The van der Waals surface area contributed by atoms with Gasteiger partial charge in [0.25, 0.3) is 0 Å². The van der Waals surface area contributed by atoms with E-state index in [1.54, 1.807) is 6.07 Å². The van der Waals surface area contributed by atoms with Gasteiger partial charge in [-0.3, -0.25) is 4.79 Å². The number of alkyl halides is 3. The number of hydrogen-bond acceptors (Lipinski definition) is 3. The Balaban J connectivity index is 2.35. The molecule has 0 fully saturated rings. The first-order chi connectivity index (χ1) is 10.2. The number of benzene rings is 1. The van der Waals surface area contributed by atoms with E-state index >= 15 is 0 Å². The lowest BCUT2D eigenvalue weighted by Gasteiger charge is -2.10. The molecule has 0 amide bonds. The van der Waals surface area contributed by atoms with Gasteiger partial charge < -0.3 is 9.84 Å². The molecule has 0 spiro atoms. The molecule has 0 unspecified atom stereocenters. The van der Waals surface area contributed by atoms with Gasteiger partial charge in [0.15, 0.2) is 0 Å². The van der Waals surface area contributed by atoms with E-state index in [-0.39, 0.29) is 22.9 Å². The van der Waals surface area contributed by atoms with E-state index in [1.807, 2.05) is 0 Å². The Hall–Kier alpha value is -2.28. The van der Waals surface area contributed by atoms with Crippen LogP contribution < -0.4 is 4.74 Å². The summed E-state index contributed by atoms with van der Waals surface area (Å²) in [4.78, 5) is 14.6. The predicted octanol–water partition coefficient (Wildman–Crippen LogP) is 3.93. The van der Waals surface area contributed by atoms with Gasteiger partial charge in [-0.1, -0.05) is 23.7 Å². The molecule has 0 aliphatic heterocycles. The number of carboxylic acids is 1. The van der Waals surface area contributed by atoms with Gasteiger partial charge in [0, 0.05) is 17.3 Å². The Bertz CT molecular complexity index is 704. The number of aromatic nitrogens is 1. The van der Waals surface area contributed by atoms with E-state index in [1.165, 1.54) is 30.5 Å². The summed E-state index contributed by atoms with van der Waals surface area (Å²) in [5.74, 6) is -1.46. The summed E-state index contributed by atoms with van der Waals surface area (Å²) in [6.45, 7) is 0. The maximum Gasteiger partial charge on any atom is 0.573 e. The molecule has 0 aliphatic carbocycles. The van der Waals surface area contributed by atoms with Gasteiger partial charge in [-0.25, -0.2) is 4.98 Å². The molecule has 116 valence electrons. The van der Waals surface area contributed by atoms with Crippen LogP contribution in [0.4, 0.5) is 13.2 Å². The summed E-state index contributed by atoms with van der Waals surface area (Å²) in [5, 5.41) is 8.83. The third kappa shape index (κ3) is 4.36. The molecular weight excluding hydrogens is 323 g/mol. The first kappa shape index (κ1) is 16.1. The van der Waals surface area contributed by atoms with Crippen molar-refractivity contribution >= 4 is 17.6 Å². The summed E-state index contributed by atoms with van der Waals surface area (Å²) < 4.78 is 40.5. The Kier molecular flexibility index (Phi) is 4.56. The first-order valence-electron chi connectivity index (χ1n) is 5.97. The summed E-state index contributed by atoms with van der Waals surface area (Å²) in [6, 6.07) is 6.76. The quantitative estimate of drug-likeness (QED) is 0.862. The maximum atomic E-state index is 12.2. The molecule has 1 aromatic carbocycles. The zero-order valence-corrected chi connectivity index (χ0v) is 11.6. The molecule has 2 rings (SSSR count). The van der Waals surface area contributed by atoms with Crippen molar-refractivity contribution in [3.63, 3.8) is 0 Å². The molecule has 22 heavy (non-hydrogen) atoms. The molecule has 1 N–H and O–H groups in total. The van der Waals surface area contributed by atoms with E-state index in [2.05, 4.69) is 9.72 Å². The molecule has 0 atom stereocenters. The summed E-state index contributed by atoms with van der Waals surface area (Å²) in [6.07, 6.45) is -3.77. The van der Waals surface area contributed by atoms with Crippen molar-refractivity contribution in [1.82, 2.24) is 4.98 Å². The number of aliphatic carboxylic acids is 1. The molecule has 0 saturated carbocycles. The van der Waals surface area contributed by atoms with Crippen LogP contribution in [0, 0.1) is 0 Å². The number of pyridine rings is 1. The van der Waals surface area contributed by atoms with E-state index in [0.717, 1.165) is 0 Å². The Labute approximate surface area is 128 Å². The third-order valence-electron chi connectivity index (χ3n) is 2.65. The number of carbonyl (C=O) groups is 1. The molecule has 0 aliphatic rings. The lowest BCUT2D eigenvalue weighted by Crippen LogP contribution is -2.17. The lowest BCUT2D eigenvalue weighted by atomic mass is 10.0. The van der Waals surface area contributed by atoms with E-state index in [4.69, 9.17) is 16.7 Å². The molecule has 8 heteroatoms. The zero-order chi connectivity index (χ0) is 16.3. The molecule has 1 aromatic heterocycles. The van der Waals surface area contributed by atoms with Crippen molar-refractivity contribution < 1.29 is 27.8 Å². The minimum absolute atomic E-state index is 0.0360. The Morgan fingerprint density at radius 1 is 1.27 bits per heavy atom. The lowest BCUT2D eigenvalue weighted by molar-refractivity contribution is -0.274. The van der Waals surface area contributed by atoms with Crippen molar-refractivity contribution in [3.8, 4) is 16.9 Å². The number of halogens is 4. The van der Waals surface area contributed by atoms with Crippen molar-refractivity contribution in [2.75, 3.05) is 0 Å². The van der Waals surface area contributed by atoms with Crippen molar-refractivity contribution in [1.29, 1.82) is 0 Å². The fourth-order valence-corrected chi connectivity index (χ4v) is 1.98. The monoisotopic (exact) mass is 331 g/mol. The highest BCUT2D eigenvalue weighted by atomic mass is 35.5. The highest BCUT2D eigenvalue weighted by Gasteiger charge is 2.31. The molecule has 4 nitrogen and oxygen atoms in total. The fraction of sp³-hybridized carbons (Fsp3) is 0.143. The van der Waals surface area contributed by atoms with Gasteiger partial charge in [-0.15, -0.1) is 13.2 Å². The van der Waals surface area contributed by atoms with Gasteiger partial charge in [-0.2, -0.15) is 0 Å². The smallest absolute Gasteiger partial charge is 0.481 e. The van der Waals surface area contributed by atoms with Crippen molar-refractivity contribution in [2.24, 2.45) is 0 Å². The molecule has 0 radical (unpaired) electrons. The number of ether oxygens (including phenoxy) is 1. The molecule has 0 saturated heterocycles. The van der Waals surface area contributed by atoms with Gasteiger partial charge >= 0.3 is 12.3 Å². The van der Waals surface area contributed by atoms with Gasteiger partial charge in [0.05, 0.1) is 6.42 Å². The van der Waals surface area contributed by atoms with Crippen molar-refractivity contribution in [3.05, 3.63) is 47.2 Å². The van der Waals surface area contributed by atoms with Crippen LogP contribution in [0.5, 0.6) is 5.75 Å². The standard InChI is InChI=1S/C14H9ClF3NO3/c15-13-9(6-12(20)21)4-10(7-19-13)8-2-1-3-11(5-8)22-14(16,17)18/h1-5,7H,6H2,(H,20,21). The molecule has 1 heterocycles. The predicted molar refractivity (Wildman–Crippen MR) is 72.7 cm³/mol. The molecule has 0 bridgehead atoms. The number of hydrogen-bond donors (Lipinski definition) is 1. The largest absolute Gasteiger partial charge is 0.573 e. The maximum absolute atomic E-state index is 12.2. The fourth-order valence-electron chi connectivity index (χ4n) is 1.81. The van der Waals surface area contributed by atoms with Crippen LogP contribution >= 0.6 is 11.6 Å². The average molecular weight is 332 g/mol. The Morgan fingerprint density at radius 2 is 2.00 bits per heavy atom. The van der Waals surface area contributed by atoms with E-state index < -0.39 is 12.3 Å². The van der Waals surface area contributed by atoms with Gasteiger partial charge in [0.1, 0.15) is 10.9 Å². The second-order valence-electron chi connectivity index (χ2n) is 4.32. The van der Waals surface area contributed by atoms with Crippen LogP contribution in [0.2, 0.25) is 5.15 Å². The van der Waals surface area contributed by atoms with Gasteiger partial charge in [-0.05, 0) is 23.8 Å². The van der Waals surface area contributed by atoms with E-state index in [0.29, 0.717) is 11.1 Å². The summed E-state index contributed by atoms with van der Waals surface area (Å²) >= 11 is 5.80. The first-order valence-corrected chi connectivity index (χ1v) is 6.35. The zero-order valence-electron chi connectivity index (χ0n) is 10.9. The van der Waals surface area contributed by atoms with Crippen molar-refractivity contribution in [2.45, 2.75) is 12.8 Å². The molecule has 2 aromatic rings. The number of nitrogens with zero attached hydrogens (tertiary/aromatic N) is 1. The number of rotatable bonds is 4. The van der Waals surface area contributed by atoms with Crippen LogP contribution in [0.25, 0.3) is 11.1 Å². The van der Waals surface area contributed by atoms with Crippen LogP contribution in [0.1, 0.15) is 5.56 Å². The second kappa shape index (κ2) is 6.23. The summed E-state index contributed by atoms with van der Waals surface area (Å²) in [5.41, 5.74) is 1.11. The minimum Gasteiger partial charge on any atom is -0.481 e. The van der Waals surface area contributed by atoms with Crippen LogP contribution in [0.3, 0.4) is 0 Å². The minimum atomic E-state index is -4.79. The van der Waals surface area contributed by atoms with Crippen LogP contribution in [-0.2, 0) is 11.2 Å². The highest BCUT2D eigenvalue weighted by Crippen LogP contribution is 2.29. The topological polar surface area (TPSA) is 59.4 Å². The van der Waals surface area contributed by atoms with E-state index in [9.17, 15) is 18.0 Å². The normalized spacial score (nSPS) is 11.3. The second-order valence-corrected chi connectivity index (χ2v) is 4.68. The van der Waals surface area contributed by atoms with Crippen LogP contribution in [-0.4, -0.2) is 22.4 Å². The SMILES string of the molecule is O=C(O)Cc1cc(-c2cccc(OC(F)(F)F)c2)cnc1Cl. The average Bonchev–Trinajstić information content (AvgIpc) is 2.39.